The summed E-state index contributed by atoms with van der Waals surface area (Å²) in [5.74, 6) is -0.568. The highest BCUT2D eigenvalue weighted by Crippen LogP contribution is 2.41. The Bertz CT molecular complexity index is 907. The van der Waals surface area contributed by atoms with E-state index in [-0.39, 0.29) is 23.3 Å². The predicted molar refractivity (Wildman–Crippen MR) is 94.5 cm³/mol. The topological polar surface area (TPSA) is 64.6 Å². The Balaban J connectivity index is 2.69. The van der Waals surface area contributed by atoms with Crippen molar-refractivity contribution in [3.8, 4) is 12.3 Å². The number of benzene rings is 1. The molecule has 5 nitrogen and oxygen atoms in total. The van der Waals surface area contributed by atoms with Crippen LogP contribution in [0.25, 0.3) is 0 Å². The van der Waals surface area contributed by atoms with Crippen LogP contribution in [-0.4, -0.2) is 25.7 Å². The van der Waals surface area contributed by atoms with E-state index in [1.807, 2.05) is 0 Å². The lowest BCUT2D eigenvalue weighted by Gasteiger charge is -2.30. The van der Waals surface area contributed by atoms with Crippen LogP contribution in [-0.2, 0) is 25.2 Å². The molecule has 0 aliphatic carbocycles. The van der Waals surface area contributed by atoms with Gasteiger partial charge in [-0.3, -0.25) is 0 Å². The third kappa shape index (κ3) is 4.19. The SMILES string of the molecule is C#CCOC(=O)C1=C(C)NC(C)=C(C(=O)OC)C1c1cccc(C(F)(F)F)c1. The van der Waals surface area contributed by atoms with E-state index in [0.29, 0.717) is 11.4 Å². The van der Waals surface area contributed by atoms with E-state index in [2.05, 4.69) is 11.2 Å². The number of halogens is 3. The van der Waals surface area contributed by atoms with E-state index in [9.17, 15) is 22.8 Å². The van der Waals surface area contributed by atoms with Gasteiger partial charge in [-0.15, -0.1) is 6.42 Å². The van der Waals surface area contributed by atoms with E-state index in [1.165, 1.54) is 12.1 Å². The van der Waals surface area contributed by atoms with Gasteiger partial charge >= 0.3 is 18.1 Å². The molecule has 2 rings (SSSR count). The molecule has 1 N–H and O–H groups in total. The largest absolute Gasteiger partial charge is 0.466 e. The van der Waals surface area contributed by atoms with Crippen LogP contribution in [0.15, 0.2) is 46.8 Å². The van der Waals surface area contributed by atoms with Gasteiger partial charge < -0.3 is 14.8 Å². The van der Waals surface area contributed by atoms with Crippen molar-refractivity contribution < 1.29 is 32.2 Å². The quantitative estimate of drug-likeness (QED) is 0.628. The number of allylic oxidation sites excluding steroid dienone is 2. The van der Waals surface area contributed by atoms with Crippen LogP contribution in [0.5, 0.6) is 0 Å². The van der Waals surface area contributed by atoms with Crippen LogP contribution in [0.2, 0.25) is 0 Å². The molecule has 0 spiro atoms. The zero-order valence-electron chi connectivity index (χ0n) is 15.4. The molecule has 0 bridgehead atoms. The molecule has 28 heavy (non-hydrogen) atoms. The Hall–Kier alpha value is -3.21. The maximum absolute atomic E-state index is 13.2. The fourth-order valence-corrected chi connectivity index (χ4v) is 3.06. The Morgan fingerprint density at radius 1 is 1.18 bits per heavy atom. The molecule has 1 unspecified atom stereocenters. The fraction of sp³-hybridized carbons (Fsp3) is 0.300. The first kappa shape index (κ1) is 21.1. The highest BCUT2D eigenvalue weighted by Gasteiger charge is 2.39. The van der Waals surface area contributed by atoms with Gasteiger partial charge in [-0.05, 0) is 25.5 Å². The lowest BCUT2D eigenvalue weighted by molar-refractivity contribution is -0.138. The van der Waals surface area contributed by atoms with Crippen molar-refractivity contribution in [3.63, 3.8) is 0 Å². The second-order valence-corrected chi connectivity index (χ2v) is 6.03. The van der Waals surface area contributed by atoms with Gasteiger partial charge in [0, 0.05) is 11.4 Å². The van der Waals surface area contributed by atoms with Gasteiger partial charge in [-0.2, -0.15) is 13.2 Å². The Morgan fingerprint density at radius 3 is 2.32 bits per heavy atom. The van der Waals surface area contributed by atoms with Gasteiger partial charge in [0.25, 0.3) is 0 Å². The van der Waals surface area contributed by atoms with Gasteiger partial charge in [0.2, 0.25) is 0 Å². The number of methoxy groups -OCH3 is 1. The molecule has 0 saturated carbocycles. The minimum atomic E-state index is -4.59. The Labute approximate surface area is 160 Å². The van der Waals surface area contributed by atoms with E-state index >= 15 is 0 Å². The summed E-state index contributed by atoms with van der Waals surface area (Å²) in [5, 5.41) is 2.88. The maximum atomic E-state index is 13.2. The van der Waals surface area contributed by atoms with Crippen molar-refractivity contribution in [1.29, 1.82) is 0 Å². The van der Waals surface area contributed by atoms with Gasteiger partial charge in [-0.25, -0.2) is 9.59 Å². The number of rotatable bonds is 4. The molecule has 0 amide bonds. The second-order valence-electron chi connectivity index (χ2n) is 6.03. The van der Waals surface area contributed by atoms with Gasteiger partial charge in [0.15, 0.2) is 6.61 Å². The first-order chi connectivity index (χ1) is 13.1. The number of hydrogen-bond acceptors (Lipinski definition) is 5. The van der Waals surface area contributed by atoms with Crippen LogP contribution in [0, 0.1) is 12.3 Å². The van der Waals surface area contributed by atoms with E-state index in [0.717, 1.165) is 19.2 Å². The maximum Gasteiger partial charge on any atom is 0.416 e. The zero-order chi connectivity index (χ0) is 21.1. The molecule has 1 aromatic rings. The average molecular weight is 393 g/mol. The first-order valence-corrected chi connectivity index (χ1v) is 8.16. The number of nitrogens with one attached hydrogen (secondary N) is 1. The Kier molecular flexibility index (Phi) is 6.19. The average Bonchev–Trinajstić information content (AvgIpc) is 2.64. The molecule has 148 valence electrons. The van der Waals surface area contributed by atoms with Gasteiger partial charge in [0.05, 0.1) is 29.7 Å². The number of alkyl halides is 3. The molecule has 1 atom stereocenters. The number of carbonyl (C=O) groups is 2. The van der Waals surface area contributed by atoms with Crippen molar-refractivity contribution >= 4 is 11.9 Å². The summed E-state index contributed by atoms with van der Waals surface area (Å²) in [5.41, 5.74) is -0.0991. The van der Waals surface area contributed by atoms with Crippen molar-refractivity contribution in [2.45, 2.75) is 25.9 Å². The van der Waals surface area contributed by atoms with Gasteiger partial charge in [0.1, 0.15) is 0 Å². The smallest absolute Gasteiger partial charge is 0.416 e. The lowest BCUT2D eigenvalue weighted by atomic mass is 9.80. The molecule has 1 heterocycles. The number of carbonyl (C=O) groups excluding carboxylic acids is 2. The molecular weight excluding hydrogens is 375 g/mol. The normalized spacial score (nSPS) is 17.0. The highest BCUT2D eigenvalue weighted by molar-refractivity contribution is 5.99. The summed E-state index contributed by atoms with van der Waals surface area (Å²) in [7, 11) is 1.15. The minimum absolute atomic E-state index is 0.0134. The molecule has 0 radical (unpaired) electrons. The van der Waals surface area contributed by atoms with Crippen molar-refractivity contribution in [2.75, 3.05) is 13.7 Å². The summed E-state index contributed by atoms with van der Waals surface area (Å²) in [6.07, 6.45) is 0.519. The first-order valence-electron chi connectivity index (χ1n) is 8.16. The molecule has 1 aliphatic rings. The summed E-state index contributed by atoms with van der Waals surface area (Å²) in [6.45, 7) is 2.81. The minimum Gasteiger partial charge on any atom is -0.466 e. The zero-order valence-corrected chi connectivity index (χ0v) is 15.4. The van der Waals surface area contributed by atoms with Crippen LogP contribution >= 0.6 is 0 Å². The second kappa shape index (κ2) is 8.21. The molecule has 0 fully saturated rings. The van der Waals surface area contributed by atoms with Gasteiger partial charge in [-0.1, -0.05) is 24.1 Å². The molecule has 0 aromatic heterocycles. The highest BCUT2D eigenvalue weighted by atomic mass is 19.4. The standard InChI is InChI=1S/C20H18F3NO4/c1-5-9-28-19(26)16-12(3)24-11(2)15(18(25)27-4)17(16)13-7-6-8-14(10-13)20(21,22)23/h1,6-8,10,17,24H,9H2,2-4H3. The number of esters is 2. The van der Waals surface area contributed by atoms with Crippen LogP contribution in [0.3, 0.4) is 0 Å². The molecular formula is C20H18F3NO4. The monoisotopic (exact) mass is 393 g/mol. The third-order valence-corrected chi connectivity index (χ3v) is 4.22. The van der Waals surface area contributed by atoms with E-state index in [4.69, 9.17) is 15.9 Å². The summed E-state index contributed by atoms with van der Waals surface area (Å²) < 4.78 is 49.3. The number of terminal acetylenes is 1. The molecule has 0 saturated heterocycles. The number of dihydropyridines is 1. The predicted octanol–water partition coefficient (Wildman–Crippen LogP) is 3.29. The van der Waals surface area contributed by atoms with Crippen molar-refractivity contribution in [3.05, 3.63) is 57.9 Å². The number of hydrogen-bond donors (Lipinski definition) is 1. The summed E-state index contributed by atoms with van der Waals surface area (Å²) in [6, 6.07) is 4.42. The van der Waals surface area contributed by atoms with Crippen molar-refractivity contribution in [1.82, 2.24) is 5.32 Å². The third-order valence-electron chi connectivity index (χ3n) is 4.22. The fourth-order valence-electron chi connectivity index (χ4n) is 3.06. The van der Waals surface area contributed by atoms with E-state index < -0.39 is 29.6 Å². The molecule has 8 heteroatoms. The Morgan fingerprint density at radius 2 is 1.79 bits per heavy atom. The van der Waals surface area contributed by atoms with Crippen molar-refractivity contribution in [2.24, 2.45) is 0 Å². The molecule has 1 aromatic carbocycles. The van der Waals surface area contributed by atoms with E-state index in [1.54, 1.807) is 13.8 Å². The molecule has 1 aliphatic heterocycles. The van der Waals surface area contributed by atoms with Crippen LogP contribution in [0.4, 0.5) is 13.2 Å². The van der Waals surface area contributed by atoms with Crippen LogP contribution in [0.1, 0.15) is 30.9 Å². The summed E-state index contributed by atoms with van der Waals surface area (Å²) in [4.78, 5) is 25.0. The van der Waals surface area contributed by atoms with Crippen LogP contribution < -0.4 is 5.32 Å². The lowest BCUT2D eigenvalue weighted by Crippen LogP contribution is -2.32. The summed E-state index contributed by atoms with van der Waals surface area (Å²) >= 11 is 0. The number of ether oxygens (including phenoxy) is 2.